The van der Waals surface area contributed by atoms with Crippen LogP contribution in [0.3, 0.4) is 0 Å². The fraction of sp³-hybridized carbons (Fsp3) is 0.276. The predicted octanol–water partition coefficient (Wildman–Crippen LogP) is 6.53. The maximum atomic E-state index is 8.81. The van der Waals surface area contributed by atoms with Crippen LogP contribution in [0.25, 0.3) is 16.7 Å². The molecule has 1 heterocycles. The van der Waals surface area contributed by atoms with Gasteiger partial charge >= 0.3 is 0 Å². The fourth-order valence-corrected chi connectivity index (χ4v) is 5.52. The molecule has 3 aromatic carbocycles. The number of anilines is 2. The third kappa shape index (κ3) is 5.42. The number of rotatable bonds is 7. The average molecular weight is 540 g/mol. The minimum Gasteiger partial charge on any atom is -0.495 e. The largest absolute Gasteiger partial charge is 0.495 e. The summed E-state index contributed by atoms with van der Waals surface area (Å²) in [6, 6.07) is 16.1. The molecule has 8 heteroatoms. The lowest BCUT2D eigenvalue weighted by Gasteiger charge is -2.37. The lowest BCUT2D eigenvalue weighted by Crippen LogP contribution is -2.54. The number of ether oxygens (including phenoxy) is 2. The molecule has 4 rings (SSSR count). The number of hydrogen-bond acceptors (Lipinski definition) is 6. The molecule has 1 aliphatic heterocycles. The number of benzene rings is 3. The summed E-state index contributed by atoms with van der Waals surface area (Å²) in [5.41, 5.74) is 11.5. The van der Waals surface area contributed by atoms with Crippen LogP contribution in [0, 0.1) is 5.41 Å². The third-order valence-corrected chi connectivity index (χ3v) is 7.37. The highest BCUT2D eigenvalue weighted by atomic mass is 35.5. The number of nitrogen functional groups attached to an aromatic ring is 1. The number of halogens is 2. The summed E-state index contributed by atoms with van der Waals surface area (Å²) in [5, 5.41) is 13.1. The molecule has 0 radical (unpaired) electrons. The van der Waals surface area contributed by atoms with E-state index in [4.69, 9.17) is 43.8 Å². The number of nitrogens with one attached hydrogen (secondary N) is 2. The Bertz CT molecular complexity index is 1300. The molecule has 4 N–H and O–H groups in total. The van der Waals surface area contributed by atoms with Crippen LogP contribution in [0.2, 0.25) is 10.0 Å². The zero-order valence-electron chi connectivity index (χ0n) is 21.5. The van der Waals surface area contributed by atoms with Crippen molar-refractivity contribution in [3.05, 3.63) is 76.3 Å². The second-order valence-electron chi connectivity index (χ2n) is 9.36. The van der Waals surface area contributed by atoms with Crippen LogP contribution in [-0.2, 0) is 0 Å². The SMILES string of the molecule is C=C(C(=N)c1ccc(-c2c(Cl)c(OC)cc(OC)c2Cl)cc1N)c1ccc(N2C[C@@H](C)N[C@@H](C)C2)cc1. The molecule has 0 aliphatic carbocycles. The normalized spacial score (nSPS) is 17.4. The Balaban J connectivity index is 1.59. The smallest absolute Gasteiger partial charge is 0.141 e. The standard InChI is InChI=1S/C29H32Cl2N4O2/c1-16-14-35(15-17(2)34-16)21-9-6-19(7-10-21)18(3)29(33)22-11-8-20(12-23(22)32)26-27(30)24(36-4)13-25(37-5)28(26)31/h6-13,16-17,33-34H,3,14-15,32H2,1-2,4-5H3/t16-,17+. The summed E-state index contributed by atoms with van der Waals surface area (Å²) in [6.07, 6.45) is 0. The molecule has 0 bridgehead atoms. The highest BCUT2D eigenvalue weighted by molar-refractivity contribution is 6.41. The van der Waals surface area contributed by atoms with E-state index in [-0.39, 0.29) is 5.71 Å². The van der Waals surface area contributed by atoms with Gasteiger partial charge in [-0.25, -0.2) is 0 Å². The van der Waals surface area contributed by atoms with Crippen molar-refractivity contribution in [2.24, 2.45) is 0 Å². The van der Waals surface area contributed by atoms with E-state index in [1.807, 2.05) is 18.2 Å². The van der Waals surface area contributed by atoms with Crippen LogP contribution in [-0.4, -0.2) is 45.1 Å². The van der Waals surface area contributed by atoms with Gasteiger partial charge in [-0.1, -0.05) is 54.0 Å². The first-order chi connectivity index (χ1) is 17.6. The molecule has 1 saturated heterocycles. The highest BCUT2D eigenvalue weighted by Crippen LogP contribution is 2.46. The zero-order valence-corrected chi connectivity index (χ0v) is 23.0. The Kier molecular flexibility index (Phi) is 8.02. The van der Waals surface area contributed by atoms with Gasteiger partial charge < -0.3 is 25.4 Å². The molecule has 0 spiro atoms. The molecule has 194 valence electrons. The fourth-order valence-electron chi connectivity index (χ4n) is 4.80. The Morgan fingerprint density at radius 3 is 2.05 bits per heavy atom. The monoisotopic (exact) mass is 538 g/mol. The molecule has 0 amide bonds. The summed E-state index contributed by atoms with van der Waals surface area (Å²) in [6.45, 7) is 10.5. The van der Waals surface area contributed by atoms with E-state index in [2.05, 4.69) is 42.8 Å². The number of methoxy groups -OCH3 is 2. The summed E-state index contributed by atoms with van der Waals surface area (Å²) in [5.74, 6) is 0.879. The molecule has 37 heavy (non-hydrogen) atoms. The van der Waals surface area contributed by atoms with Crippen molar-refractivity contribution in [1.82, 2.24) is 5.32 Å². The van der Waals surface area contributed by atoms with Gasteiger partial charge in [0.05, 0.1) is 30.0 Å². The number of allylic oxidation sites excluding steroid dienone is 1. The Hall–Kier alpha value is -3.19. The maximum Gasteiger partial charge on any atom is 0.141 e. The minimum atomic E-state index is 0.252. The van der Waals surface area contributed by atoms with E-state index >= 15 is 0 Å². The molecule has 1 fully saturated rings. The van der Waals surface area contributed by atoms with Gasteiger partial charge in [-0.15, -0.1) is 0 Å². The molecule has 0 saturated carbocycles. The van der Waals surface area contributed by atoms with Crippen molar-refractivity contribution < 1.29 is 9.47 Å². The number of nitrogens with zero attached hydrogens (tertiary/aromatic N) is 1. The van der Waals surface area contributed by atoms with Crippen molar-refractivity contribution in [2.75, 3.05) is 37.9 Å². The van der Waals surface area contributed by atoms with Gasteiger partial charge in [-0.05, 0) is 43.2 Å². The molecule has 3 aromatic rings. The van der Waals surface area contributed by atoms with Crippen LogP contribution >= 0.6 is 23.2 Å². The quantitative estimate of drug-likeness (QED) is 0.235. The molecular formula is C29H32Cl2N4O2. The van der Waals surface area contributed by atoms with Gasteiger partial charge in [0.15, 0.2) is 0 Å². The van der Waals surface area contributed by atoms with Crippen molar-refractivity contribution in [1.29, 1.82) is 5.41 Å². The molecule has 0 aromatic heterocycles. The molecule has 6 nitrogen and oxygen atoms in total. The van der Waals surface area contributed by atoms with Crippen LogP contribution in [0.15, 0.2) is 55.1 Å². The Labute approximate surface area is 228 Å². The van der Waals surface area contributed by atoms with Gasteiger partial charge in [0.2, 0.25) is 0 Å². The lowest BCUT2D eigenvalue weighted by molar-refractivity contribution is 0.395. The van der Waals surface area contributed by atoms with Gasteiger partial charge in [0.1, 0.15) is 11.5 Å². The van der Waals surface area contributed by atoms with Gasteiger partial charge in [0, 0.05) is 59.3 Å². The average Bonchev–Trinajstić information content (AvgIpc) is 2.88. The van der Waals surface area contributed by atoms with Gasteiger partial charge in [0.25, 0.3) is 0 Å². The summed E-state index contributed by atoms with van der Waals surface area (Å²) >= 11 is 13.2. The first-order valence-electron chi connectivity index (χ1n) is 12.0. The van der Waals surface area contributed by atoms with E-state index in [0.29, 0.717) is 61.6 Å². The number of hydrogen-bond donors (Lipinski definition) is 3. The van der Waals surface area contributed by atoms with Gasteiger partial charge in [-0.2, -0.15) is 0 Å². The number of piperazine rings is 1. The van der Waals surface area contributed by atoms with Crippen LogP contribution in [0.5, 0.6) is 11.5 Å². The van der Waals surface area contributed by atoms with E-state index in [1.165, 1.54) is 14.2 Å². The molecule has 1 aliphatic rings. The Morgan fingerprint density at radius 1 is 0.973 bits per heavy atom. The lowest BCUT2D eigenvalue weighted by atomic mass is 9.94. The third-order valence-electron chi connectivity index (χ3n) is 6.62. The molecule has 0 unspecified atom stereocenters. The van der Waals surface area contributed by atoms with Crippen LogP contribution < -0.4 is 25.4 Å². The second-order valence-corrected chi connectivity index (χ2v) is 10.1. The zero-order chi connectivity index (χ0) is 26.9. The van der Waals surface area contributed by atoms with E-state index in [1.54, 1.807) is 18.2 Å². The number of nitrogens with two attached hydrogens (primary N) is 1. The van der Waals surface area contributed by atoms with Gasteiger partial charge in [-0.3, -0.25) is 5.41 Å². The summed E-state index contributed by atoms with van der Waals surface area (Å²) in [7, 11) is 3.06. The summed E-state index contributed by atoms with van der Waals surface area (Å²) < 4.78 is 10.8. The van der Waals surface area contributed by atoms with Crippen LogP contribution in [0.4, 0.5) is 11.4 Å². The summed E-state index contributed by atoms with van der Waals surface area (Å²) in [4.78, 5) is 2.38. The molecule has 2 atom stereocenters. The highest BCUT2D eigenvalue weighted by Gasteiger charge is 2.22. The van der Waals surface area contributed by atoms with E-state index < -0.39 is 0 Å². The maximum absolute atomic E-state index is 8.81. The Morgan fingerprint density at radius 2 is 1.54 bits per heavy atom. The predicted molar refractivity (Wildman–Crippen MR) is 156 cm³/mol. The van der Waals surface area contributed by atoms with Crippen molar-refractivity contribution in [3.63, 3.8) is 0 Å². The van der Waals surface area contributed by atoms with Crippen LogP contribution in [0.1, 0.15) is 25.0 Å². The second kappa shape index (κ2) is 11.1. The first-order valence-corrected chi connectivity index (χ1v) is 12.8. The van der Waals surface area contributed by atoms with Crippen molar-refractivity contribution in [2.45, 2.75) is 25.9 Å². The minimum absolute atomic E-state index is 0.252. The van der Waals surface area contributed by atoms with Crippen molar-refractivity contribution >= 4 is 45.9 Å². The molecular weight excluding hydrogens is 507 g/mol. The first kappa shape index (κ1) is 26.9. The van der Waals surface area contributed by atoms with E-state index in [0.717, 1.165) is 24.3 Å². The topological polar surface area (TPSA) is 83.6 Å². The van der Waals surface area contributed by atoms with Crippen molar-refractivity contribution in [3.8, 4) is 22.6 Å². The van der Waals surface area contributed by atoms with E-state index in [9.17, 15) is 0 Å².